The van der Waals surface area contributed by atoms with Crippen molar-refractivity contribution in [1.29, 1.82) is 0 Å². The van der Waals surface area contributed by atoms with Crippen LogP contribution in [-0.2, 0) is 6.54 Å². The second-order valence-electron chi connectivity index (χ2n) is 7.34. The highest BCUT2D eigenvalue weighted by molar-refractivity contribution is 6.31. The molecule has 1 unspecified atom stereocenters. The molecule has 0 bridgehead atoms. The minimum absolute atomic E-state index is 0.00810. The van der Waals surface area contributed by atoms with Crippen molar-refractivity contribution in [2.24, 2.45) is 0 Å². The lowest BCUT2D eigenvalue weighted by Crippen LogP contribution is -2.29. The standard InChI is InChI=1S/C24H18ClNO6/c1-29-14-6-8-18(30-2)16(11-14)21-20-22(27)17-10-13(25)5-7-19(17)32-23(20)24(28)26(21)12-15-4-3-9-31-15/h3-11,21H,12H2,1-2H3. The number of hydrogen-bond acceptors (Lipinski definition) is 6. The maximum Gasteiger partial charge on any atom is 0.291 e. The molecule has 5 rings (SSSR count). The van der Waals surface area contributed by atoms with E-state index in [0.717, 1.165) is 0 Å². The molecule has 1 aliphatic rings. The number of fused-ring (bicyclic) bond motifs is 2. The van der Waals surface area contributed by atoms with E-state index in [9.17, 15) is 9.59 Å². The molecule has 3 heterocycles. The van der Waals surface area contributed by atoms with Crippen LogP contribution in [0.25, 0.3) is 11.0 Å². The highest BCUT2D eigenvalue weighted by Crippen LogP contribution is 2.43. The molecule has 0 N–H and O–H groups in total. The van der Waals surface area contributed by atoms with Crippen molar-refractivity contribution in [3.8, 4) is 11.5 Å². The molecule has 2 aromatic heterocycles. The molecule has 0 saturated heterocycles. The van der Waals surface area contributed by atoms with Gasteiger partial charge in [-0.15, -0.1) is 0 Å². The van der Waals surface area contributed by atoms with Gasteiger partial charge in [0.15, 0.2) is 5.43 Å². The fourth-order valence-electron chi connectivity index (χ4n) is 4.10. The Bertz CT molecular complexity index is 1390. The maximum atomic E-state index is 13.6. The van der Waals surface area contributed by atoms with Crippen molar-refractivity contribution < 1.29 is 23.1 Å². The average Bonchev–Trinajstić information content (AvgIpc) is 3.41. The molecule has 7 nitrogen and oxygen atoms in total. The Balaban J connectivity index is 1.79. The lowest BCUT2D eigenvalue weighted by atomic mass is 9.97. The molecule has 1 aliphatic heterocycles. The molecular weight excluding hydrogens is 434 g/mol. The number of ether oxygens (including phenoxy) is 2. The summed E-state index contributed by atoms with van der Waals surface area (Å²) in [4.78, 5) is 28.6. The van der Waals surface area contributed by atoms with Crippen LogP contribution in [0.4, 0.5) is 0 Å². The normalized spacial score (nSPS) is 15.3. The van der Waals surface area contributed by atoms with Gasteiger partial charge in [-0.1, -0.05) is 11.6 Å². The number of furan rings is 1. The van der Waals surface area contributed by atoms with Crippen molar-refractivity contribution in [2.75, 3.05) is 14.2 Å². The Morgan fingerprint density at radius 2 is 1.91 bits per heavy atom. The summed E-state index contributed by atoms with van der Waals surface area (Å²) in [6.45, 7) is 0.137. The molecule has 8 heteroatoms. The van der Waals surface area contributed by atoms with Crippen LogP contribution in [-0.4, -0.2) is 25.0 Å². The van der Waals surface area contributed by atoms with Crippen molar-refractivity contribution in [3.05, 3.63) is 92.7 Å². The fraction of sp³-hybridized carbons (Fsp3) is 0.167. The van der Waals surface area contributed by atoms with Crippen LogP contribution >= 0.6 is 11.6 Å². The Kier molecular flexibility index (Phi) is 4.90. The van der Waals surface area contributed by atoms with E-state index in [4.69, 9.17) is 29.9 Å². The first-order chi connectivity index (χ1) is 15.5. The first kappa shape index (κ1) is 20.2. The summed E-state index contributed by atoms with van der Waals surface area (Å²) in [5.74, 6) is 1.21. The van der Waals surface area contributed by atoms with E-state index in [0.29, 0.717) is 38.8 Å². The number of amides is 1. The van der Waals surface area contributed by atoms with Gasteiger partial charge < -0.3 is 23.2 Å². The summed E-state index contributed by atoms with van der Waals surface area (Å²) in [5.41, 5.74) is 0.790. The average molecular weight is 452 g/mol. The Hall–Kier alpha value is -3.71. The van der Waals surface area contributed by atoms with Gasteiger partial charge in [0, 0.05) is 10.6 Å². The molecule has 0 saturated carbocycles. The molecule has 0 spiro atoms. The SMILES string of the molecule is COc1ccc(OC)c(C2c3c(oc4ccc(Cl)cc4c3=O)C(=O)N2Cc2ccco2)c1. The number of halogens is 1. The van der Waals surface area contributed by atoms with E-state index in [1.54, 1.807) is 55.6 Å². The van der Waals surface area contributed by atoms with Crippen LogP contribution in [0.5, 0.6) is 11.5 Å². The number of nitrogens with zero attached hydrogens (tertiary/aromatic N) is 1. The van der Waals surface area contributed by atoms with Crippen LogP contribution < -0.4 is 14.9 Å². The topological polar surface area (TPSA) is 82.1 Å². The van der Waals surface area contributed by atoms with Gasteiger partial charge >= 0.3 is 0 Å². The molecule has 1 atom stereocenters. The largest absolute Gasteiger partial charge is 0.497 e. The van der Waals surface area contributed by atoms with Gasteiger partial charge in [0.1, 0.15) is 22.8 Å². The van der Waals surface area contributed by atoms with Crippen molar-refractivity contribution in [3.63, 3.8) is 0 Å². The maximum absolute atomic E-state index is 13.6. The van der Waals surface area contributed by atoms with Gasteiger partial charge in [0.05, 0.1) is 44.0 Å². The molecule has 4 aromatic rings. The second kappa shape index (κ2) is 7.76. The van der Waals surface area contributed by atoms with Gasteiger partial charge in [-0.05, 0) is 48.5 Å². The molecule has 32 heavy (non-hydrogen) atoms. The number of carbonyl (C=O) groups excluding carboxylic acids is 1. The summed E-state index contributed by atoms with van der Waals surface area (Å²) in [6.07, 6.45) is 1.53. The first-order valence-corrected chi connectivity index (χ1v) is 10.2. The number of hydrogen-bond donors (Lipinski definition) is 0. The van der Waals surface area contributed by atoms with Gasteiger partial charge in [-0.3, -0.25) is 9.59 Å². The quantitative estimate of drug-likeness (QED) is 0.433. The predicted octanol–water partition coefficient (Wildman–Crippen LogP) is 4.80. The van der Waals surface area contributed by atoms with Crippen molar-refractivity contribution >= 4 is 28.5 Å². The Morgan fingerprint density at radius 3 is 2.62 bits per heavy atom. The minimum atomic E-state index is -0.771. The van der Waals surface area contributed by atoms with E-state index in [1.807, 2.05) is 0 Å². The van der Waals surface area contributed by atoms with Crippen LogP contribution in [0.15, 0.2) is 68.4 Å². The number of carbonyl (C=O) groups is 1. The minimum Gasteiger partial charge on any atom is -0.497 e. The molecule has 2 aromatic carbocycles. The molecule has 1 amide bonds. The second-order valence-corrected chi connectivity index (χ2v) is 7.77. The van der Waals surface area contributed by atoms with Gasteiger partial charge in [0.25, 0.3) is 5.91 Å². The zero-order chi connectivity index (χ0) is 22.4. The summed E-state index contributed by atoms with van der Waals surface area (Å²) >= 11 is 6.13. The van der Waals surface area contributed by atoms with Gasteiger partial charge in [-0.25, -0.2) is 0 Å². The van der Waals surface area contributed by atoms with Gasteiger partial charge in [0.2, 0.25) is 5.76 Å². The number of methoxy groups -OCH3 is 2. The molecular formula is C24H18ClNO6. The summed E-state index contributed by atoms with van der Waals surface area (Å²) in [5, 5.41) is 0.702. The molecule has 0 fully saturated rings. The summed E-state index contributed by atoms with van der Waals surface area (Å²) in [7, 11) is 3.08. The first-order valence-electron chi connectivity index (χ1n) is 9.83. The van der Waals surface area contributed by atoms with E-state index in [2.05, 4.69) is 0 Å². The zero-order valence-electron chi connectivity index (χ0n) is 17.3. The van der Waals surface area contributed by atoms with Crippen molar-refractivity contribution in [2.45, 2.75) is 12.6 Å². The van der Waals surface area contributed by atoms with Crippen molar-refractivity contribution in [1.82, 2.24) is 4.90 Å². The van der Waals surface area contributed by atoms with E-state index >= 15 is 0 Å². The van der Waals surface area contributed by atoms with Gasteiger partial charge in [-0.2, -0.15) is 0 Å². The third-order valence-corrected chi connectivity index (χ3v) is 5.80. The Labute approximate surface area is 187 Å². The van der Waals surface area contributed by atoms with E-state index in [1.165, 1.54) is 18.3 Å². The summed E-state index contributed by atoms with van der Waals surface area (Å²) in [6, 6.07) is 12.7. The molecule has 0 aliphatic carbocycles. The Morgan fingerprint density at radius 1 is 1.06 bits per heavy atom. The van der Waals surface area contributed by atoms with E-state index in [-0.39, 0.29) is 23.3 Å². The number of rotatable bonds is 5. The third-order valence-electron chi connectivity index (χ3n) is 5.57. The third kappa shape index (κ3) is 3.13. The molecule has 162 valence electrons. The smallest absolute Gasteiger partial charge is 0.291 e. The van der Waals surface area contributed by atoms with Crippen LogP contribution in [0.2, 0.25) is 5.02 Å². The number of benzene rings is 2. The zero-order valence-corrected chi connectivity index (χ0v) is 18.0. The van der Waals surface area contributed by atoms with Crippen LogP contribution in [0, 0.1) is 0 Å². The van der Waals surface area contributed by atoms with Crippen LogP contribution in [0.1, 0.15) is 33.5 Å². The lowest BCUT2D eigenvalue weighted by molar-refractivity contribution is 0.0700. The van der Waals surface area contributed by atoms with Crippen LogP contribution in [0.3, 0.4) is 0 Å². The fourth-order valence-corrected chi connectivity index (χ4v) is 4.27. The monoisotopic (exact) mass is 451 g/mol. The lowest BCUT2D eigenvalue weighted by Gasteiger charge is -2.26. The highest BCUT2D eigenvalue weighted by atomic mass is 35.5. The predicted molar refractivity (Wildman–Crippen MR) is 117 cm³/mol. The highest BCUT2D eigenvalue weighted by Gasteiger charge is 2.44. The van der Waals surface area contributed by atoms with E-state index < -0.39 is 11.9 Å². The molecule has 0 radical (unpaired) electrons. The summed E-state index contributed by atoms with van der Waals surface area (Å²) < 4.78 is 22.4.